The summed E-state index contributed by atoms with van der Waals surface area (Å²) in [4.78, 5) is 0. The van der Waals surface area contributed by atoms with Gasteiger partial charge in [-0.1, -0.05) is 13.5 Å². The first kappa shape index (κ1) is 33.3. The van der Waals surface area contributed by atoms with Crippen LogP contribution in [0.3, 0.4) is 0 Å². The molecule has 0 saturated carbocycles. The molecular formula is C13H7F19O3. The minimum absolute atomic E-state index is 0.0947. The SMILES string of the molecule is C=C(F)C(F)(F)OC(F)(C(F)(F)F)C(F)(F)OC(F)(C(F)(F)F)C(F)(F)OC(F)(CC)C(F)(F)F. The Hall–Kier alpha value is -1.71. The molecule has 0 aromatic carbocycles. The van der Waals surface area contributed by atoms with E-state index in [1.165, 1.54) is 11.3 Å². The smallest absolute Gasteiger partial charge is 0.270 e. The lowest BCUT2D eigenvalue weighted by atomic mass is 10.2. The molecule has 0 rings (SSSR count). The Balaban J connectivity index is 6.93. The monoisotopic (exact) mass is 572 g/mol. The molecular weight excluding hydrogens is 565 g/mol. The molecule has 0 fully saturated rings. The molecule has 0 amide bonds. The van der Waals surface area contributed by atoms with Crippen LogP contribution in [0, 0.1) is 0 Å². The van der Waals surface area contributed by atoms with Gasteiger partial charge in [0.25, 0.3) is 0 Å². The van der Waals surface area contributed by atoms with Gasteiger partial charge in [-0.2, -0.15) is 74.6 Å². The number of hydrogen-bond acceptors (Lipinski definition) is 3. The van der Waals surface area contributed by atoms with Crippen molar-refractivity contribution in [2.75, 3.05) is 0 Å². The Morgan fingerprint density at radius 1 is 0.543 bits per heavy atom. The minimum Gasteiger partial charge on any atom is -0.270 e. The van der Waals surface area contributed by atoms with E-state index in [0.29, 0.717) is 0 Å². The third-order valence-corrected chi connectivity index (χ3v) is 3.50. The van der Waals surface area contributed by atoms with Crippen LogP contribution < -0.4 is 0 Å². The highest BCUT2D eigenvalue weighted by Crippen LogP contribution is 2.57. The number of hydrogen-bond donors (Lipinski definition) is 0. The summed E-state index contributed by atoms with van der Waals surface area (Å²) in [6, 6.07) is 0. The second kappa shape index (κ2) is 8.99. The molecule has 0 heterocycles. The fraction of sp³-hybridized carbons (Fsp3) is 0.846. The molecule has 0 radical (unpaired) electrons. The summed E-state index contributed by atoms with van der Waals surface area (Å²) in [7, 11) is 0. The molecule has 0 N–H and O–H groups in total. The highest BCUT2D eigenvalue weighted by molar-refractivity contribution is 4.99. The van der Waals surface area contributed by atoms with Gasteiger partial charge in [0, 0.05) is 6.42 Å². The normalized spacial score (nSPS) is 20.1. The molecule has 0 spiro atoms. The lowest BCUT2D eigenvalue weighted by Gasteiger charge is -2.42. The Labute approximate surface area is 179 Å². The Morgan fingerprint density at radius 3 is 1.11 bits per heavy atom. The van der Waals surface area contributed by atoms with E-state index in [4.69, 9.17) is 0 Å². The highest BCUT2D eigenvalue weighted by Gasteiger charge is 2.85. The number of halogens is 19. The first-order valence-electron chi connectivity index (χ1n) is 7.73. The average molecular weight is 572 g/mol. The van der Waals surface area contributed by atoms with Crippen molar-refractivity contribution >= 4 is 0 Å². The van der Waals surface area contributed by atoms with Gasteiger partial charge in [-0.25, -0.2) is 8.78 Å². The number of rotatable bonds is 10. The molecule has 3 nitrogen and oxygen atoms in total. The van der Waals surface area contributed by atoms with Crippen molar-refractivity contribution < 1.29 is 97.6 Å². The van der Waals surface area contributed by atoms with E-state index in [1.54, 1.807) is 4.74 Å². The molecule has 0 aromatic heterocycles. The number of alkyl halides is 18. The third kappa shape index (κ3) is 6.00. The van der Waals surface area contributed by atoms with Crippen LogP contribution in [0.2, 0.25) is 0 Å². The molecule has 0 bridgehead atoms. The lowest BCUT2D eigenvalue weighted by molar-refractivity contribution is -0.569. The molecule has 0 aliphatic carbocycles. The van der Waals surface area contributed by atoms with Gasteiger partial charge in [0.1, 0.15) is 0 Å². The van der Waals surface area contributed by atoms with Crippen LogP contribution in [-0.4, -0.2) is 54.4 Å². The van der Waals surface area contributed by atoms with Crippen LogP contribution in [0.4, 0.5) is 83.4 Å². The van der Waals surface area contributed by atoms with Crippen molar-refractivity contribution in [2.45, 2.75) is 67.8 Å². The van der Waals surface area contributed by atoms with Crippen LogP contribution in [0.25, 0.3) is 0 Å². The van der Waals surface area contributed by atoms with Crippen molar-refractivity contribution in [3.63, 3.8) is 0 Å². The van der Waals surface area contributed by atoms with Crippen molar-refractivity contribution in [3.8, 4) is 0 Å². The Bertz CT molecular complexity index is 769. The van der Waals surface area contributed by atoms with E-state index in [9.17, 15) is 83.4 Å². The zero-order valence-corrected chi connectivity index (χ0v) is 15.8. The quantitative estimate of drug-likeness (QED) is 0.256. The van der Waals surface area contributed by atoms with Crippen molar-refractivity contribution in [3.05, 3.63) is 12.4 Å². The predicted molar refractivity (Wildman–Crippen MR) is 68.3 cm³/mol. The van der Waals surface area contributed by atoms with Gasteiger partial charge in [-0.3, -0.25) is 14.2 Å². The summed E-state index contributed by atoms with van der Waals surface area (Å²) in [5.41, 5.74) is 0. The average Bonchev–Trinajstić information content (AvgIpc) is 2.56. The fourth-order valence-electron chi connectivity index (χ4n) is 1.64. The molecule has 3 atom stereocenters. The second-order valence-electron chi connectivity index (χ2n) is 6.03. The van der Waals surface area contributed by atoms with Crippen molar-refractivity contribution in [2.24, 2.45) is 0 Å². The van der Waals surface area contributed by atoms with Crippen LogP contribution in [-0.2, 0) is 14.2 Å². The van der Waals surface area contributed by atoms with Crippen LogP contribution in [0.1, 0.15) is 13.3 Å². The zero-order valence-electron chi connectivity index (χ0n) is 15.8. The van der Waals surface area contributed by atoms with Crippen LogP contribution in [0.5, 0.6) is 0 Å². The van der Waals surface area contributed by atoms with Gasteiger partial charge in [0.05, 0.1) is 0 Å². The van der Waals surface area contributed by atoms with Crippen molar-refractivity contribution in [1.29, 1.82) is 0 Å². The standard InChI is InChI=1S/C13H7F19O3/c1-3-5(15,9(20,21)22)33-12(29,30)8(19,11(26,27)28)35-13(31,32)7(18,10(23,24)25)34-6(16,17)4(2)14/h2-3H2,1H3. The van der Waals surface area contributed by atoms with E-state index in [2.05, 4.69) is 0 Å². The topological polar surface area (TPSA) is 27.7 Å². The first-order valence-corrected chi connectivity index (χ1v) is 7.73. The molecule has 0 saturated heterocycles. The number of ether oxygens (including phenoxy) is 3. The molecule has 22 heteroatoms. The van der Waals surface area contributed by atoms with Crippen LogP contribution >= 0.6 is 0 Å². The summed E-state index contributed by atoms with van der Waals surface area (Å²) >= 11 is 0. The summed E-state index contributed by atoms with van der Waals surface area (Å²) < 4.78 is 253. The Morgan fingerprint density at radius 2 is 0.857 bits per heavy atom. The van der Waals surface area contributed by atoms with E-state index in [-0.39, 0.29) is 6.92 Å². The predicted octanol–water partition coefficient (Wildman–Crippen LogP) is 7.39. The lowest BCUT2D eigenvalue weighted by Crippen LogP contribution is -2.69. The van der Waals surface area contributed by atoms with E-state index >= 15 is 0 Å². The van der Waals surface area contributed by atoms with Gasteiger partial charge >= 0.3 is 54.4 Å². The summed E-state index contributed by atoms with van der Waals surface area (Å²) in [6.07, 6.45) is -47.4. The van der Waals surface area contributed by atoms with Gasteiger partial charge in [-0.05, 0) is 0 Å². The van der Waals surface area contributed by atoms with Gasteiger partial charge < -0.3 is 0 Å². The molecule has 35 heavy (non-hydrogen) atoms. The largest absolute Gasteiger partial charge is 0.458 e. The molecule has 0 aliphatic heterocycles. The van der Waals surface area contributed by atoms with Gasteiger partial charge in [0.15, 0.2) is 5.83 Å². The maximum atomic E-state index is 14.0. The summed E-state index contributed by atoms with van der Waals surface area (Å²) in [6.45, 7) is 1.40. The minimum atomic E-state index is -8.08. The second-order valence-corrected chi connectivity index (χ2v) is 6.03. The molecule has 0 aliphatic rings. The third-order valence-electron chi connectivity index (χ3n) is 3.50. The van der Waals surface area contributed by atoms with Gasteiger partial charge in [0.2, 0.25) is 0 Å². The van der Waals surface area contributed by atoms with E-state index in [1.807, 2.05) is 4.74 Å². The Kier molecular flexibility index (Phi) is 8.55. The fourth-order valence-corrected chi connectivity index (χ4v) is 1.64. The first-order chi connectivity index (χ1) is 14.9. The van der Waals surface area contributed by atoms with E-state index in [0.717, 1.165) is 0 Å². The highest BCUT2D eigenvalue weighted by atomic mass is 19.4. The molecule has 0 aromatic rings. The summed E-state index contributed by atoms with van der Waals surface area (Å²) in [5, 5.41) is 0. The maximum Gasteiger partial charge on any atom is 0.458 e. The van der Waals surface area contributed by atoms with Crippen LogP contribution in [0.15, 0.2) is 12.4 Å². The molecule has 210 valence electrons. The summed E-state index contributed by atoms with van der Waals surface area (Å²) in [5.74, 6) is -25.5. The van der Waals surface area contributed by atoms with Crippen molar-refractivity contribution in [1.82, 2.24) is 0 Å². The zero-order chi connectivity index (χ0) is 28.9. The van der Waals surface area contributed by atoms with E-state index < -0.39 is 66.7 Å². The molecule has 3 unspecified atom stereocenters. The van der Waals surface area contributed by atoms with Gasteiger partial charge in [-0.15, -0.1) is 0 Å². The maximum absolute atomic E-state index is 14.0.